The molecule has 1 aromatic heterocycles. The molecule has 0 radical (unpaired) electrons. The van der Waals surface area contributed by atoms with Gasteiger partial charge in [-0.15, -0.1) is 0 Å². The van der Waals surface area contributed by atoms with Crippen molar-refractivity contribution in [2.75, 3.05) is 0 Å². The molecule has 5 heteroatoms. The second-order valence-electron chi connectivity index (χ2n) is 3.89. The third-order valence-corrected chi connectivity index (χ3v) is 2.64. The Morgan fingerprint density at radius 2 is 2.00 bits per heavy atom. The molecular formula is C13H10FNO3. The van der Waals surface area contributed by atoms with Gasteiger partial charge in [-0.1, -0.05) is 6.07 Å². The molecule has 0 amide bonds. The van der Waals surface area contributed by atoms with Gasteiger partial charge in [-0.2, -0.15) is 0 Å². The predicted octanol–water partition coefficient (Wildman–Crippen LogP) is 2.19. The molecule has 0 aliphatic carbocycles. The summed E-state index contributed by atoms with van der Waals surface area (Å²) in [4.78, 5) is 24.6. The van der Waals surface area contributed by atoms with Crippen LogP contribution in [0.4, 0.5) is 4.39 Å². The fourth-order valence-electron chi connectivity index (χ4n) is 1.76. The second kappa shape index (κ2) is 4.44. The van der Waals surface area contributed by atoms with Gasteiger partial charge in [0.15, 0.2) is 0 Å². The van der Waals surface area contributed by atoms with Crippen molar-refractivity contribution in [2.24, 2.45) is 0 Å². The van der Waals surface area contributed by atoms with Gasteiger partial charge in [0.25, 0.3) is 0 Å². The van der Waals surface area contributed by atoms with Crippen LogP contribution in [-0.2, 0) is 0 Å². The molecule has 0 bridgehead atoms. The molecule has 0 aliphatic rings. The summed E-state index contributed by atoms with van der Waals surface area (Å²) < 4.78 is 13.2. The van der Waals surface area contributed by atoms with Crippen molar-refractivity contribution in [2.45, 2.75) is 6.92 Å². The summed E-state index contributed by atoms with van der Waals surface area (Å²) in [6.45, 7) is 1.74. The van der Waals surface area contributed by atoms with Crippen molar-refractivity contribution in [1.29, 1.82) is 0 Å². The Bertz CT molecular complexity index is 676. The van der Waals surface area contributed by atoms with E-state index in [2.05, 4.69) is 4.98 Å². The highest BCUT2D eigenvalue weighted by atomic mass is 19.1. The maximum atomic E-state index is 13.2. The van der Waals surface area contributed by atoms with Crippen molar-refractivity contribution in [1.82, 2.24) is 4.98 Å². The van der Waals surface area contributed by atoms with Crippen LogP contribution in [0.1, 0.15) is 15.9 Å². The lowest BCUT2D eigenvalue weighted by atomic mass is 9.98. The number of H-pyrrole nitrogens is 1. The molecule has 18 heavy (non-hydrogen) atoms. The van der Waals surface area contributed by atoms with E-state index in [1.54, 1.807) is 13.0 Å². The SMILES string of the molecule is Cc1ccc(F)cc1-c1c[nH]c(=O)cc1C(=O)O. The Hall–Kier alpha value is -2.43. The molecule has 1 aromatic carbocycles. The van der Waals surface area contributed by atoms with Gasteiger partial charge in [0.1, 0.15) is 5.82 Å². The first-order chi connectivity index (χ1) is 8.49. The van der Waals surface area contributed by atoms with E-state index in [-0.39, 0.29) is 5.56 Å². The lowest BCUT2D eigenvalue weighted by Gasteiger charge is -2.08. The lowest BCUT2D eigenvalue weighted by Crippen LogP contribution is -2.10. The van der Waals surface area contributed by atoms with Gasteiger partial charge in [0, 0.05) is 17.8 Å². The lowest BCUT2D eigenvalue weighted by molar-refractivity contribution is 0.0697. The van der Waals surface area contributed by atoms with E-state index in [1.165, 1.54) is 18.3 Å². The highest BCUT2D eigenvalue weighted by molar-refractivity contribution is 5.96. The van der Waals surface area contributed by atoms with Crippen LogP contribution in [0.5, 0.6) is 0 Å². The van der Waals surface area contributed by atoms with Gasteiger partial charge in [0.05, 0.1) is 5.56 Å². The zero-order chi connectivity index (χ0) is 13.3. The standard InChI is InChI=1S/C13H10FNO3/c1-7-2-3-8(14)4-9(7)11-6-15-12(16)5-10(11)13(17)18/h2-6H,1H3,(H,15,16)(H,17,18). The van der Waals surface area contributed by atoms with Crippen LogP contribution in [-0.4, -0.2) is 16.1 Å². The second-order valence-corrected chi connectivity index (χ2v) is 3.89. The Labute approximate surface area is 102 Å². The summed E-state index contributed by atoms with van der Waals surface area (Å²) >= 11 is 0. The van der Waals surface area contributed by atoms with Crippen LogP contribution in [0.25, 0.3) is 11.1 Å². The highest BCUT2D eigenvalue weighted by Gasteiger charge is 2.14. The van der Waals surface area contributed by atoms with Gasteiger partial charge in [-0.3, -0.25) is 4.79 Å². The van der Waals surface area contributed by atoms with Crippen molar-refractivity contribution < 1.29 is 14.3 Å². The molecule has 1 heterocycles. The van der Waals surface area contributed by atoms with Gasteiger partial charge < -0.3 is 10.1 Å². The van der Waals surface area contributed by atoms with Crippen LogP contribution in [0.3, 0.4) is 0 Å². The monoisotopic (exact) mass is 247 g/mol. The van der Waals surface area contributed by atoms with E-state index >= 15 is 0 Å². The summed E-state index contributed by atoms with van der Waals surface area (Å²) in [6.07, 6.45) is 1.29. The highest BCUT2D eigenvalue weighted by Crippen LogP contribution is 2.26. The van der Waals surface area contributed by atoms with Gasteiger partial charge in [-0.25, -0.2) is 9.18 Å². The van der Waals surface area contributed by atoms with E-state index in [0.29, 0.717) is 11.1 Å². The number of hydrogen-bond donors (Lipinski definition) is 2. The molecule has 0 fully saturated rings. The number of aromatic amines is 1. The Morgan fingerprint density at radius 3 is 2.67 bits per heavy atom. The molecular weight excluding hydrogens is 237 g/mol. The van der Waals surface area contributed by atoms with E-state index in [4.69, 9.17) is 5.11 Å². The van der Waals surface area contributed by atoms with E-state index in [0.717, 1.165) is 11.6 Å². The number of aromatic nitrogens is 1. The maximum absolute atomic E-state index is 13.2. The molecule has 0 aliphatic heterocycles. The zero-order valence-electron chi connectivity index (χ0n) is 9.53. The third-order valence-electron chi connectivity index (χ3n) is 2.64. The minimum atomic E-state index is -1.22. The van der Waals surface area contributed by atoms with Gasteiger partial charge in [0.2, 0.25) is 5.56 Å². The Balaban J connectivity index is 2.74. The molecule has 2 rings (SSSR count). The number of benzene rings is 1. The predicted molar refractivity (Wildman–Crippen MR) is 64.2 cm³/mol. The minimum absolute atomic E-state index is 0.146. The molecule has 0 unspecified atom stereocenters. The summed E-state index contributed by atoms with van der Waals surface area (Å²) in [5.41, 5.74) is 0.811. The maximum Gasteiger partial charge on any atom is 0.336 e. The molecule has 0 saturated carbocycles. The molecule has 0 spiro atoms. The minimum Gasteiger partial charge on any atom is -0.478 e. The number of pyridine rings is 1. The Morgan fingerprint density at radius 1 is 1.28 bits per heavy atom. The van der Waals surface area contributed by atoms with Crippen molar-refractivity contribution >= 4 is 5.97 Å². The third kappa shape index (κ3) is 2.15. The average Bonchev–Trinajstić information content (AvgIpc) is 2.32. The average molecular weight is 247 g/mol. The molecule has 4 nitrogen and oxygen atoms in total. The number of aromatic carboxylic acids is 1. The first-order valence-electron chi connectivity index (χ1n) is 5.21. The topological polar surface area (TPSA) is 70.2 Å². The van der Waals surface area contributed by atoms with Crippen LogP contribution < -0.4 is 5.56 Å². The first-order valence-corrected chi connectivity index (χ1v) is 5.21. The summed E-state index contributed by atoms with van der Waals surface area (Å²) in [5, 5.41) is 9.07. The normalized spacial score (nSPS) is 10.3. The van der Waals surface area contributed by atoms with Gasteiger partial charge in [-0.05, 0) is 30.2 Å². The van der Waals surface area contributed by atoms with Gasteiger partial charge >= 0.3 is 5.97 Å². The van der Waals surface area contributed by atoms with Crippen LogP contribution in [0.2, 0.25) is 0 Å². The number of carboxylic acids is 1. The molecule has 2 N–H and O–H groups in total. The van der Waals surface area contributed by atoms with E-state index in [9.17, 15) is 14.0 Å². The number of carboxylic acid groups (broad SMARTS) is 1. The number of nitrogens with one attached hydrogen (secondary N) is 1. The summed E-state index contributed by atoms with van der Waals surface area (Å²) in [6, 6.07) is 5.09. The largest absolute Gasteiger partial charge is 0.478 e. The zero-order valence-corrected chi connectivity index (χ0v) is 9.53. The fraction of sp³-hybridized carbons (Fsp3) is 0.0769. The van der Waals surface area contributed by atoms with Crippen molar-refractivity contribution in [3.63, 3.8) is 0 Å². The number of halogens is 1. The fourth-order valence-corrected chi connectivity index (χ4v) is 1.76. The number of hydrogen-bond acceptors (Lipinski definition) is 2. The first kappa shape index (κ1) is 12.0. The number of rotatable bonds is 2. The van der Waals surface area contributed by atoms with Crippen LogP contribution in [0, 0.1) is 12.7 Å². The number of carbonyl (C=O) groups is 1. The van der Waals surface area contributed by atoms with E-state index in [1.807, 2.05) is 0 Å². The molecule has 2 aromatic rings. The summed E-state index contributed by atoms with van der Waals surface area (Å²) in [5.74, 6) is -1.68. The number of aryl methyl sites for hydroxylation is 1. The van der Waals surface area contributed by atoms with E-state index < -0.39 is 17.3 Å². The molecule has 0 saturated heterocycles. The van der Waals surface area contributed by atoms with Crippen molar-refractivity contribution in [3.8, 4) is 11.1 Å². The quantitative estimate of drug-likeness (QED) is 0.854. The molecule has 0 atom stereocenters. The van der Waals surface area contributed by atoms with Crippen LogP contribution >= 0.6 is 0 Å². The molecule has 92 valence electrons. The van der Waals surface area contributed by atoms with Crippen molar-refractivity contribution in [3.05, 3.63) is 57.8 Å². The summed E-state index contributed by atoms with van der Waals surface area (Å²) in [7, 11) is 0. The Kier molecular flexibility index (Phi) is 2.97. The smallest absolute Gasteiger partial charge is 0.336 e. The van der Waals surface area contributed by atoms with Crippen LogP contribution in [0.15, 0.2) is 35.3 Å².